The van der Waals surface area contributed by atoms with E-state index in [9.17, 15) is 0 Å². The first-order valence-corrected chi connectivity index (χ1v) is 13.5. The molecule has 0 aliphatic heterocycles. The Kier molecular flexibility index (Phi) is 41.1. The second-order valence-corrected chi connectivity index (χ2v) is 8.59. The van der Waals surface area contributed by atoms with Crippen LogP contribution >= 0.6 is 0 Å². The van der Waals surface area contributed by atoms with Crippen molar-refractivity contribution in [3.63, 3.8) is 0 Å². The minimum absolute atomic E-state index is 0. The smallest absolute Gasteiger partial charge is 0.784 e. The Morgan fingerprint density at radius 1 is 0.500 bits per heavy atom. The molecule has 0 spiro atoms. The summed E-state index contributed by atoms with van der Waals surface area (Å²) in [5.41, 5.74) is 0. The molecule has 0 amide bonds. The standard InChI is InChI=1S/C24H50O.Na.H2O3S/c1-3-5-7-9-11-13-15-17-19-21-23-25-24-22-20-18-16-14-12-10-8-6-4-2;;1-4(2)3/h3-24H2,1-2H3;;(H2,1,2,3)/q;+1;/p-2. The van der Waals surface area contributed by atoms with Crippen LogP contribution in [-0.4, -0.2) is 26.5 Å². The van der Waals surface area contributed by atoms with E-state index in [0.717, 1.165) is 13.2 Å². The second-order valence-electron chi connectivity index (χ2n) is 8.18. The van der Waals surface area contributed by atoms with Gasteiger partial charge in [0.2, 0.25) is 0 Å². The van der Waals surface area contributed by atoms with Crippen LogP contribution in [0, 0.1) is 0 Å². The molecule has 0 rings (SSSR count). The van der Waals surface area contributed by atoms with Crippen LogP contribution in [0.2, 0.25) is 0 Å². The van der Waals surface area contributed by atoms with E-state index in [1.807, 2.05) is 0 Å². The van der Waals surface area contributed by atoms with E-state index in [1.165, 1.54) is 128 Å². The molecule has 6 heteroatoms. The summed E-state index contributed by atoms with van der Waals surface area (Å²) in [5.74, 6) is 0. The minimum Gasteiger partial charge on any atom is -0.784 e. The summed E-state index contributed by atoms with van der Waals surface area (Å²) in [5, 5.41) is 0. The maximum absolute atomic E-state index is 8.44. The summed E-state index contributed by atoms with van der Waals surface area (Å²) in [6.07, 6.45) is 28.2. The van der Waals surface area contributed by atoms with Crippen LogP contribution in [0.4, 0.5) is 0 Å². The van der Waals surface area contributed by atoms with Crippen molar-refractivity contribution in [2.75, 3.05) is 13.2 Å². The molecule has 30 heavy (non-hydrogen) atoms. The normalized spacial score (nSPS) is 10.6. The number of unbranched alkanes of at least 4 members (excludes halogenated alkanes) is 18. The summed E-state index contributed by atoms with van der Waals surface area (Å²) in [6, 6.07) is 0. The number of ether oxygens (including phenoxy) is 1. The zero-order valence-corrected chi connectivity index (χ0v) is 23.4. The Bertz CT molecular complexity index is 281. The van der Waals surface area contributed by atoms with E-state index in [-0.39, 0.29) is 29.6 Å². The predicted octanol–water partition coefficient (Wildman–Crippen LogP) is 4.84. The minimum atomic E-state index is -3.11. The van der Waals surface area contributed by atoms with Crippen LogP contribution in [0.1, 0.15) is 142 Å². The topological polar surface area (TPSA) is 72.4 Å². The molecule has 0 atom stereocenters. The van der Waals surface area contributed by atoms with Crippen LogP contribution in [0.15, 0.2) is 0 Å². The summed E-state index contributed by atoms with van der Waals surface area (Å²) >= 11 is -3.11. The van der Waals surface area contributed by atoms with Gasteiger partial charge in [-0.05, 0) is 12.8 Å². The fourth-order valence-corrected chi connectivity index (χ4v) is 3.49. The van der Waals surface area contributed by atoms with Crippen LogP contribution in [0.3, 0.4) is 0 Å². The maximum atomic E-state index is 8.44. The van der Waals surface area contributed by atoms with E-state index in [4.69, 9.17) is 18.1 Å². The molecule has 0 saturated carbocycles. The van der Waals surface area contributed by atoms with E-state index in [0.29, 0.717) is 0 Å². The number of hydrogen-bond donors (Lipinski definition) is 0. The van der Waals surface area contributed by atoms with Crippen molar-refractivity contribution in [2.45, 2.75) is 142 Å². The van der Waals surface area contributed by atoms with Gasteiger partial charge in [-0.25, -0.2) is 0 Å². The molecule has 0 aliphatic rings. The molecule has 0 heterocycles. The Morgan fingerprint density at radius 2 is 0.700 bits per heavy atom. The Hall–Kier alpha value is 1.03. The largest absolute Gasteiger partial charge is 1.00 e. The van der Waals surface area contributed by atoms with Crippen molar-refractivity contribution < 1.29 is 47.6 Å². The first kappa shape index (κ1) is 35.6. The summed E-state index contributed by atoms with van der Waals surface area (Å²) in [7, 11) is 0. The molecule has 0 fully saturated rings. The van der Waals surface area contributed by atoms with Gasteiger partial charge in [-0.2, -0.15) is 0 Å². The van der Waals surface area contributed by atoms with Crippen molar-refractivity contribution in [2.24, 2.45) is 0 Å². The molecule has 0 aromatic heterocycles. The monoisotopic (exact) mass is 457 g/mol. The van der Waals surface area contributed by atoms with Crippen LogP contribution in [-0.2, 0) is 16.1 Å². The fourth-order valence-electron chi connectivity index (χ4n) is 3.49. The maximum Gasteiger partial charge on any atom is 1.00 e. The van der Waals surface area contributed by atoms with Gasteiger partial charge in [0, 0.05) is 13.2 Å². The van der Waals surface area contributed by atoms with Gasteiger partial charge >= 0.3 is 29.6 Å². The zero-order chi connectivity index (χ0) is 21.8. The molecule has 178 valence electrons. The summed E-state index contributed by atoms with van der Waals surface area (Å²) < 4.78 is 31.1. The third-order valence-corrected chi connectivity index (χ3v) is 5.28. The van der Waals surface area contributed by atoms with Gasteiger partial charge in [-0.1, -0.05) is 129 Å². The molecular weight excluding hydrogens is 407 g/mol. The molecule has 0 bridgehead atoms. The third-order valence-electron chi connectivity index (χ3n) is 5.28. The predicted molar refractivity (Wildman–Crippen MR) is 124 cm³/mol. The quantitative estimate of drug-likeness (QED) is 0.132. The Morgan fingerprint density at radius 3 is 0.933 bits per heavy atom. The molecule has 0 aliphatic carbocycles. The van der Waals surface area contributed by atoms with E-state index >= 15 is 0 Å². The number of hydrogen-bond acceptors (Lipinski definition) is 4. The van der Waals surface area contributed by atoms with Gasteiger partial charge in [0.25, 0.3) is 0 Å². The van der Waals surface area contributed by atoms with Crippen molar-refractivity contribution in [1.29, 1.82) is 0 Å². The van der Waals surface area contributed by atoms with Crippen LogP contribution in [0.5, 0.6) is 0 Å². The van der Waals surface area contributed by atoms with Gasteiger partial charge in [0.15, 0.2) is 0 Å². The first-order valence-electron chi connectivity index (χ1n) is 12.5. The molecule has 0 aromatic carbocycles. The molecule has 0 aromatic rings. The molecule has 0 radical (unpaired) electrons. The van der Waals surface area contributed by atoms with E-state index in [1.54, 1.807) is 0 Å². The van der Waals surface area contributed by atoms with E-state index in [2.05, 4.69) is 13.8 Å². The zero-order valence-electron chi connectivity index (χ0n) is 20.6. The molecule has 4 nitrogen and oxygen atoms in total. The van der Waals surface area contributed by atoms with Crippen LogP contribution in [0.25, 0.3) is 0 Å². The third kappa shape index (κ3) is 43.0. The average molecular weight is 458 g/mol. The van der Waals surface area contributed by atoms with Gasteiger partial charge in [0.05, 0.1) is 0 Å². The Labute approximate surface area is 213 Å². The molecule has 0 N–H and O–H groups in total. The summed E-state index contributed by atoms with van der Waals surface area (Å²) in [6.45, 7) is 6.57. The fraction of sp³-hybridized carbons (Fsp3) is 1.00. The molecule has 0 saturated heterocycles. The van der Waals surface area contributed by atoms with E-state index < -0.39 is 11.4 Å². The average Bonchev–Trinajstić information content (AvgIpc) is 2.69. The van der Waals surface area contributed by atoms with Crippen molar-refractivity contribution >= 4 is 11.4 Å². The molecular formula is C24H50NaO4S-. The number of rotatable bonds is 22. The van der Waals surface area contributed by atoms with Crippen molar-refractivity contribution in [1.82, 2.24) is 0 Å². The van der Waals surface area contributed by atoms with Gasteiger partial charge in [-0.3, -0.25) is 4.21 Å². The van der Waals surface area contributed by atoms with Crippen LogP contribution < -0.4 is 29.6 Å². The van der Waals surface area contributed by atoms with Gasteiger partial charge in [-0.15, -0.1) is 11.4 Å². The van der Waals surface area contributed by atoms with Crippen molar-refractivity contribution in [3.8, 4) is 0 Å². The van der Waals surface area contributed by atoms with Crippen molar-refractivity contribution in [3.05, 3.63) is 0 Å². The van der Waals surface area contributed by atoms with Gasteiger partial charge < -0.3 is 13.8 Å². The SMILES string of the molecule is CCCCCCCCCCCCOCCCCCCCCCCCC.O=S([O-])[O-].[Na+]. The second kappa shape index (κ2) is 34.6. The first-order chi connectivity index (χ1) is 14.1. The Balaban J connectivity index is -0.00000133. The van der Waals surface area contributed by atoms with Gasteiger partial charge in [0.1, 0.15) is 0 Å². The summed E-state index contributed by atoms with van der Waals surface area (Å²) in [4.78, 5) is 0. The molecule has 0 unspecified atom stereocenters.